The lowest BCUT2D eigenvalue weighted by molar-refractivity contribution is 0.580. The summed E-state index contributed by atoms with van der Waals surface area (Å²) in [5.41, 5.74) is 14.7. The number of hydrogen-bond donors (Lipinski definition) is 4. The fraction of sp³-hybridized carbons (Fsp3) is 0.500. The Kier molecular flexibility index (Phi) is 1.36. The van der Waals surface area contributed by atoms with Crippen LogP contribution in [0.3, 0.4) is 0 Å². The van der Waals surface area contributed by atoms with E-state index in [0.717, 1.165) is 5.70 Å². The van der Waals surface area contributed by atoms with Crippen molar-refractivity contribution in [2.45, 2.75) is 13.0 Å². The summed E-state index contributed by atoms with van der Waals surface area (Å²) in [6, 6.07) is 0.0671. The average Bonchev–Trinajstić information content (AvgIpc) is 2.12. The fourth-order valence-electron chi connectivity index (χ4n) is 0.503. The highest BCUT2D eigenvalue weighted by Gasteiger charge is 2.04. The monoisotopic (exact) mass is 114 g/mol. The van der Waals surface area contributed by atoms with Crippen LogP contribution < -0.4 is 22.1 Å². The van der Waals surface area contributed by atoms with E-state index in [9.17, 15) is 0 Å². The van der Waals surface area contributed by atoms with Gasteiger partial charge in [0.25, 0.3) is 0 Å². The number of nitrogens with one attached hydrogen (secondary N) is 3. The molecule has 46 valence electrons. The van der Waals surface area contributed by atoms with Crippen molar-refractivity contribution in [2.75, 3.05) is 0 Å². The molecule has 0 aromatic carbocycles. The second-order valence-electron chi connectivity index (χ2n) is 1.78. The number of nitrogens with two attached hydrogens (primary N) is 1. The van der Waals surface area contributed by atoms with E-state index in [-0.39, 0.29) is 6.04 Å². The highest BCUT2D eigenvalue weighted by molar-refractivity contribution is 5.06. The zero-order valence-corrected chi connectivity index (χ0v) is 4.73. The molecular formula is C4H10N4. The van der Waals surface area contributed by atoms with Crippen LogP contribution in [0.1, 0.15) is 6.92 Å². The Balaban J connectivity index is 2.45. The van der Waals surface area contributed by atoms with Crippen molar-refractivity contribution in [1.29, 1.82) is 0 Å². The molecule has 1 heterocycles. The predicted molar refractivity (Wildman–Crippen MR) is 31.1 cm³/mol. The minimum absolute atomic E-state index is 0.0671. The molecule has 0 radical (unpaired) electrons. The maximum atomic E-state index is 5.49. The van der Waals surface area contributed by atoms with Gasteiger partial charge in [0.15, 0.2) is 0 Å². The van der Waals surface area contributed by atoms with Crippen LogP contribution in [0.4, 0.5) is 0 Å². The van der Waals surface area contributed by atoms with E-state index in [0.29, 0.717) is 0 Å². The van der Waals surface area contributed by atoms with Gasteiger partial charge in [-0.2, -0.15) is 5.53 Å². The summed E-state index contributed by atoms with van der Waals surface area (Å²) in [5.74, 6) is 0. The second kappa shape index (κ2) is 2.02. The van der Waals surface area contributed by atoms with Crippen LogP contribution in [0.25, 0.3) is 0 Å². The van der Waals surface area contributed by atoms with E-state index in [4.69, 9.17) is 5.73 Å². The van der Waals surface area contributed by atoms with Crippen molar-refractivity contribution in [1.82, 2.24) is 16.4 Å². The molecule has 1 unspecified atom stereocenters. The lowest BCUT2D eigenvalue weighted by atomic mass is 10.3. The summed E-state index contributed by atoms with van der Waals surface area (Å²) in [5, 5.41) is 0. The Morgan fingerprint density at radius 1 is 1.75 bits per heavy atom. The van der Waals surface area contributed by atoms with Crippen molar-refractivity contribution in [3.63, 3.8) is 0 Å². The van der Waals surface area contributed by atoms with E-state index in [1.54, 1.807) is 6.20 Å². The van der Waals surface area contributed by atoms with E-state index in [2.05, 4.69) is 16.4 Å². The van der Waals surface area contributed by atoms with Crippen molar-refractivity contribution in [3.05, 3.63) is 11.9 Å². The summed E-state index contributed by atoms with van der Waals surface area (Å²) in [6.45, 7) is 1.91. The van der Waals surface area contributed by atoms with E-state index >= 15 is 0 Å². The van der Waals surface area contributed by atoms with Gasteiger partial charge in [-0.05, 0) is 6.92 Å². The van der Waals surface area contributed by atoms with Crippen molar-refractivity contribution < 1.29 is 0 Å². The Morgan fingerprint density at radius 3 is 2.75 bits per heavy atom. The van der Waals surface area contributed by atoms with Gasteiger partial charge in [-0.25, -0.2) is 0 Å². The summed E-state index contributed by atoms with van der Waals surface area (Å²) >= 11 is 0. The van der Waals surface area contributed by atoms with E-state index < -0.39 is 0 Å². The van der Waals surface area contributed by atoms with Crippen molar-refractivity contribution in [2.24, 2.45) is 5.73 Å². The zero-order chi connectivity index (χ0) is 5.98. The molecule has 0 spiro atoms. The van der Waals surface area contributed by atoms with Gasteiger partial charge >= 0.3 is 0 Å². The summed E-state index contributed by atoms with van der Waals surface area (Å²) in [4.78, 5) is 0. The van der Waals surface area contributed by atoms with Gasteiger partial charge in [-0.15, -0.1) is 0 Å². The van der Waals surface area contributed by atoms with Gasteiger partial charge in [0.05, 0.1) is 5.70 Å². The van der Waals surface area contributed by atoms with E-state index in [1.165, 1.54) is 0 Å². The standard InChI is InChI=1S/C4H10N4/c1-3(5)4-2-6-8-7-4/h2-3,6-8H,5H2,1H3. The maximum absolute atomic E-state index is 5.49. The molecule has 4 nitrogen and oxygen atoms in total. The van der Waals surface area contributed by atoms with Crippen LogP contribution in [0.15, 0.2) is 11.9 Å². The molecule has 0 aromatic heterocycles. The molecule has 0 saturated heterocycles. The molecule has 8 heavy (non-hydrogen) atoms. The number of hydrazine groups is 2. The SMILES string of the molecule is CC(N)C1=CNNN1. The van der Waals surface area contributed by atoms with E-state index in [1.807, 2.05) is 6.92 Å². The van der Waals surface area contributed by atoms with Gasteiger partial charge < -0.3 is 16.6 Å². The Hall–Kier alpha value is -0.740. The lowest BCUT2D eigenvalue weighted by Gasteiger charge is -2.04. The normalized spacial score (nSPS) is 21.0. The van der Waals surface area contributed by atoms with Gasteiger partial charge in [0, 0.05) is 12.2 Å². The van der Waals surface area contributed by atoms with Crippen molar-refractivity contribution in [3.8, 4) is 0 Å². The first-order valence-electron chi connectivity index (χ1n) is 2.53. The molecule has 1 aliphatic heterocycles. The van der Waals surface area contributed by atoms with Gasteiger partial charge in [-0.1, -0.05) is 0 Å². The first kappa shape index (κ1) is 5.40. The smallest absolute Gasteiger partial charge is 0.0615 e. The minimum Gasteiger partial charge on any atom is -0.323 e. The maximum Gasteiger partial charge on any atom is 0.0615 e. The fourth-order valence-corrected chi connectivity index (χ4v) is 0.503. The molecular weight excluding hydrogens is 104 g/mol. The molecule has 0 amide bonds. The third-order valence-corrected chi connectivity index (χ3v) is 0.997. The summed E-state index contributed by atoms with van der Waals surface area (Å²) < 4.78 is 0. The molecule has 1 aliphatic rings. The third-order valence-electron chi connectivity index (χ3n) is 0.997. The van der Waals surface area contributed by atoms with Crippen LogP contribution in [0, 0.1) is 0 Å². The highest BCUT2D eigenvalue weighted by atomic mass is 15.6. The molecule has 0 fully saturated rings. The molecule has 0 saturated carbocycles. The zero-order valence-electron chi connectivity index (χ0n) is 4.73. The lowest BCUT2D eigenvalue weighted by Crippen LogP contribution is -2.35. The summed E-state index contributed by atoms with van der Waals surface area (Å²) in [7, 11) is 0. The molecule has 0 aromatic rings. The largest absolute Gasteiger partial charge is 0.323 e. The Morgan fingerprint density at radius 2 is 2.50 bits per heavy atom. The highest BCUT2D eigenvalue weighted by Crippen LogP contribution is 1.92. The van der Waals surface area contributed by atoms with Crippen LogP contribution in [0.5, 0.6) is 0 Å². The van der Waals surface area contributed by atoms with Crippen LogP contribution >= 0.6 is 0 Å². The Labute approximate surface area is 48.1 Å². The quantitative estimate of drug-likeness (QED) is 0.345. The first-order chi connectivity index (χ1) is 3.80. The minimum atomic E-state index is 0.0671. The predicted octanol–water partition coefficient (Wildman–Crippen LogP) is -1.21. The van der Waals surface area contributed by atoms with Gasteiger partial charge in [0.2, 0.25) is 0 Å². The van der Waals surface area contributed by atoms with Gasteiger partial charge in [-0.3, -0.25) is 0 Å². The number of rotatable bonds is 1. The van der Waals surface area contributed by atoms with Crippen molar-refractivity contribution >= 4 is 0 Å². The van der Waals surface area contributed by atoms with Crippen LogP contribution in [-0.4, -0.2) is 6.04 Å². The average molecular weight is 114 g/mol. The third kappa shape index (κ3) is 0.907. The van der Waals surface area contributed by atoms with Crippen LogP contribution in [0.2, 0.25) is 0 Å². The van der Waals surface area contributed by atoms with Gasteiger partial charge in [0.1, 0.15) is 0 Å². The summed E-state index contributed by atoms with van der Waals surface area (Å²) in [6.07, 6.45) is 1.80. The molecule has 1 atom stereocenters. The molecule has 5 N–H and O–H groups in total. The first-order valence-corrected chi connectivity index (χ1v) is 2.53. The number of hydrogen-bond acceptors (Lipinski definition) is 4. The molecule has 0 aliphatic carbocycles. The topological polar surface area (TPSA) is 62.1 Å². The van der Waals surface area contributed by atoms with Crippen LogP contribution in [-0.2, 0) is 0 Å². The Bertz CT molecular complexity index is 107. The molecule has 4 heteroatoms. The molecule has 0 bridgehead atoms. The second-order valence-corrected chi connectivity index (χ2v) is 1.78. The molecule has 1 rings (SSSR count).